The maximum atomic E-state index is 12.2. The standard InChI is InChI=1S/C13H15N3O3/c1-8-4-6-11(7-5-8)15-10(3)14-16(13(15)19)9(2)12(17)18/h4-7,9H,1-3H3,(H,17,18). The number of aliphatic carboxylic acids is 1. The van der Waals surface area contributed by atoms with E-state index < -0.39 is 17.7 Å². The van der Waals surface area contributed by atoms with E-state index in [0.29, 0.717) is 11.5 Å². The van der Waals surface area contributed by atoms with E-state index in [-0.39, 0.29) is 0 Å². The normalized spacial score (nSPS) is 12.4. The van der Waals surface area contributed by atoms with Gasteiger partial charge < -0.3 is 5.11 Å². The first-order chi connectivity index (χ1) is 8.91. The minimum Gasteiger partial charge on any atom is -0.480 e. The number of carbonyl (C=O) groups is 1. The summed E-state index contributed by atoms with van der Waals surface area (Å²) in [6, 6.07) is 6.40. The number of hydrogen-bond donors (Lipinski definition) is 1. The quantitative estimate of drug-likeness (QED) is 0.903. The Bertz CT molecular complexity index is 667. The van der Waals surface area contributed by atoms with E-state index in [1.54, 1.807) is 19.1 Å². The third-order valence-corrected chi connectivity index (χ3v) is 2.98. The molecule has 0 fully saturated rings. The van der Waals surface area contributed by atoms with E-state index >= 15 is 0 Å². The second-order valence-corrected chi connectivity index (χ2v) is 4.46. The second kappa shape index (κ2) is 4.72. The van der Waals surface area contributed by atoms with Crippen molar-refractivity contribution >= 4 is 5.97 Å². The highest BCUT2D eigenvalue weighted by atomic mass is 16.4. The third-order valence-electron chi connectivity index (χ3n) is 2.98. The van der Waals surface area contributed by atoms with E-state index in [4.69, 9.17) is 5.11 Å². The molecule has 1 unspecified atom stereocenters. The maximum Gasteiger partial charge on any atom is 0.351 e. The van der Waals surface area contributed by atoms with Crippen molar-refractivity contribution in [3.63, 3.8) is 0 Å². The summed E-state index contributed by atoms with van der Waals surface area (Å²) in [5.41, 5.74) is 1.31. The Balaban J connectivity index is 2.57. The molecule has 6 nitrogen and oxygen atoms in total. The van der Waals surface area contributed by atoms with Crippen LogP contribution in [0.1, 0.15) is 24.4 Å². The molecule has 100 valence electrons. The number of aryl methyl sites for hydroxylation is 2. The van der Waals surface area contributed by atoms with Crippen LogP contribution in [0.5, 0.6) is 0 Å². The van der Waals surface area contributed by atoms with Gasteiger partial charge in [0, 0.05) is 0 Å². The van der Waals surface area contributed by atoms with E-state index in [0.717, 1.165) is 10.2 Å². The van der Waals surface area contributed by atoms with Crippen LogP contribution in [0.2, 0.25) is 0 Å². The molecule has 1 atom stereocenters. The van der Waals surface area contributed by atoms with Gasteiger partial charge in [-0.1, -0.05) is 17.7 Å². The molecule has 1 aromatic carbocycles. The van der Waals surface area contributed by atoms with Crippen LogP contribution in [0, 0.1) is 13.8 Å². The number of carboxylic acid groups (broad SMARTS) is 1. The Morgan fingerprint density at radius 3 is 2.37 bits per heavy atom. The van der Waals surface area contributed by atoms with Crippen molar-refractivity contribution in [2.75, 3.05) is 0 Å². The molecule has 0 radical (unpaired) electrons. The van der Waals surface area contributed by atoms with Gasteiger partial charge in [0.1, 0.15) is 5.82 Å². The molecule has 19 heavy (non-hydrogen) atoms. The van der Waals surface area contributed by atoms with Crippen molar-refractivity contribution in [3.8, 4) is 5.69 Å². The molecule has 2 aromatic rings. The zero-order valence-electron chi connectivity index (χ0n) is 11.0. The number of benzene rings is 1. The van der Waals surface area contributed by atoms with Gasteiger partial charge in [-0.15, -0.1) is 0 Å². The van der Waals surface area contributed by atoms with Crippen molar-refractivity contribution < 1.29 is 9.90 Å². The van der Waals surface area contributed by atoms with Gasteiger partial charge in [0.25, 0.3) is 0 Å². The van der Waals surface area contributed by atoms with Crippen LogP contribution < -0.4 is 5.69 Å². The number of rotatable bonds is 3. The van der Waals surface area contributed by atoms with Crippen molar-refractivity contribution in [1.82, 2.24) is 14.3 Å². The predicted molar refractivity (Wildman–Crippen MR) is 69.6 cm³/mol. The average molecular weight is 261 g/mol. The van der Waals surface area contributed by atoms with Crippen LogP contribution >= 0.6 is 0 Å². The molecular formula is C13H15N3O3. The molecule has 0 saturated heterocycles. The minimum absolute atomic E-state index is 0.448. The van der Waals surface area contributed by atoms with Crippen molar-refractivity contribution in [2.45, 2.75) is 26.8 Å². The molecule has 0 amide bonds. The molecule has 2 rings (SSSR count). The monoisotopic (exact) mass is 261 g/mol. The minimum atomic E-state index is -1.09. The number of hydrogen-bond acceptors (Lipinski definition) is 3. The van der Waals surface area contributed by atoms with E-state index in [1.807, 2.05) is 19.1 Å². The van der Waals surface area contributed by atoms with Crippen LogP contribution in [-0.4, -0.2) is 25.4 Å². The fraction of sp³-hybridized carbons (Fsp3) is 0.308. The average Bonchev–Trinajstić information content (AvgIpc) is 2.65. The molecule has 6 heteroatoms. The van der Waals surface area contributed by atoms with Crippen LogP contribution in [0.3, 0.4) is 0 Å². The molecule has 0 aliphatic carbocycles. The zero-order chi connectivity index (χ0) is 14.2. The molecule has 0 saturated carbocycles. The first-order valence-corrected chi connectivity index (χ1v) is 5.90. The Kier molecular flexibility index (Phi) is 3.25. The third kappa shape index (κ3) is 2.29. The van der Waals surface area contributed by atoms with E-state index in [9.17, 15) is 9.59 Å². The zero-order valence-corrected chi connectivity index (χ0v) is 11.0. The van der Waals surface area contributed by atoms with Crippen LogP contribution in [0.25, 0.3) is 5.69 Å². The Morgan fingerprint density at radius 1 is 1.26 bits per heavy atom. The first kappa shape index (κ1) is 13.1. The highest BCUT2D eigenvalue weighted by Crippen LogP contribution is 2.10. The molecule has 0 aliphatic heterocycles. The number of nitrogens with zero attached hydrogens (tertiary/aromatic N) is 3. The molecule has 1 aromatic heterocycles. The molecule has 1 heterocycles. The lowest BCUT2D eigenvalue weighted by Gasteiger charge is -2.04. The van der Waals surface area contributed by atoms with E-state index in [2.05, 4.69) is 5.10 Å². The van der Waals surface area contributed by atoms with Gasteiger partial charge in [0.2, 0.25) is 0 Å². The van der Waals surface area contributed by atoms with Crippen molar-refractivity contribution in [1.29, 1.82) is 0 Å². The first-order valence-electron chi connectivity index (χ1n) is 5.90. The highest BCUT2D eigenvalue weighted by Gasteiger charge is 2.20. The van der Waals surface area contributed by atoms with Crippen LogP contribution in [0.15, 0.2) is 29.1 Å². The second-order valence-electron chi connectivity index (χ2n) is 4.46. The van der Waals surface area contributed by atoms with E-state index in [1.165, 1.54) is 11.5 Å². The number of aromatic nitrogens is 3. The fourth-order valence-electron chi connectivity index (χ4n) is 1.83. The van der Waals surface area contributed by atoms with Gasteiger partial charge in [-0.25, -0.2) is 14.2 Å². The number of carboxylic acids is 1. The van der Waals surface area contributed by atoms with Gasteiger partial charge in [-0.05, 0) is 32.9 Å². The van der Waals surface area contributed by atoms with Gasteiger partial charge >= 0.3 is 11.7 Å². The van der Waals surface area contributed by atoms with Crippen LogP contribution in [0.4, 0.5) is 0 Å². The lowest BCUT2D eigenvalue weighted by atomic mass is 10.2. The lowest BCUT2D eigenvalue weighted by molar-refractivity contribution is -0.140. The summed E-state index contributed by atoms with van der Waals surface area (Å²) in [5, 5.41) is 13.0. The van der Waals surface area contributed by atoms with Crippen LogP contribution in [-0.2, 0) is 4.79 Å². The maximum absolute atomic E-state index is 12.2. The molecule has 0 spiro atoms. The Labute approximate surface area is 109 Å². The van der Waals surface area contributed by atoms with Gasteiger partial charge in [-0.2, -0.15) is 9.78 Å². The summed E-state index contributed by atoms with van der Waals surface area (Å²) in [5.74, 6) is -0.627. The highest BCUT2D eigenvalue weighted by molar-refractivity contribution is 5.71. The van der Waals surface area contributed by atoms with Gasteiger partial charge in [-0.3, -0.25) is 0 Å². The summed E-state index contributed by atoms with van der Waals surface area (Å²) in [6.45, 7) is 5.05. The Hall–Kier alpha value is -2.37. The van der Waals surface area contributed by atoms with Crippen molar-refractivity contribution in [2.24, 2.45) is 0 Å². The smallest absolute Gasteiger partial charge is 0.351 e. The molecule has 1 N–H and O–H groups in total. The SMILES string of the molecule is Cc1ccc(-n2c(C)nn(C(C)C(=O)O)c2=O)cc1. The molecule has 0 aliphatic rings. The largest absolute Gasteiger partial charge is 0.480 e. The summed E-state index contributed by atoms with van der Waals surface area (Å²) in [4.78, 5) is 23.2. The van der Waals surface area contributed by atoms with Gasteiger partial charge in [0.05, 0.1) is 5.69 Å². The molecule has 0 bridgehead atoms. The summed E-state index contributed by atoms with van der Waals surface area (Å²) >= 11 is 0. The van der Waals surface area contributed by atoms with Gasteiger partial charge in [0.15, 0.2) is 6.04 Å². The summed E-state index contributed by atoms with van der Waals surface area (Å²) in [7, 11) is 0. The Morgan fingerprint density at radius 2 is 1.84 bits per heavy atom. The summed E-state index contributed by atoms with van der Waals surface area (Å²) < 4.78 is 2.39. The molecular weight excluding hydrogens is 246 g/mol. The summed E-state index contributed by atoms with van der Waals surface area (Å²) in [6.07, 6.45) is 0. The predicted octanol–water partition coefficient (Wildman–Crippen LogP) is 1.30. The lowest BCUT2D eigenvalue weighted by Crippen LogP contribution is -2.30. The van der Waals surface area contributed by atoms with Crippen molar-refractivity contribution in [3.05, 3.63) is 46.1 Å². The topological polar surface area (TPSA) is 77.1 Å². The fourth-order valence-corrected chi connectivity index (χ4v) is 1.83.